The number of rotatable bonds is 5. The number of hydrogen-bond acceptors (Lipinski definition) is 4. The van der Waals surface area contributed by atoms with Gasteiger partial charge in [-0.2, -0.15) is 0 Å². The molecule has 1 saturated heterocycles. The highest BCUT2D eigenvalue weighted by Crippen LogP contribution is 2.38. The van der Waals surface area contributed by atoms with Crippen molar-refractivity contribution in [3.05, 3.63) is 34.0 Å². The fourth-order valence-electron chi connectivity index (χ4n) is 4.54. The molecule has 0 atom stereocenters. The Kier molecular flexibility index (Phi) is 5.60. The molecule has 7 heteroatoms. The molecule has 0 radical (unpaired) electrons. The summed E-state index contributed by atoms with van der Waals surface area (Å²) in [6.07, 6.45) is 5.33. The Morgan fingerprint density at radius 1 is 1.25 bits per heavy atom. The van der Waals surface area contributed by atoms with Gasteiger partial charge in [0.15, 0.2) is 0 Å². The van der Waals surface area contributed by atoms with Crippen LogP contribution in [-0.4, -0.2) is 54.6 Å². The molecule has 1 amide bonds. The van der Waals surface area contributed by atoms with Crippen LogP contribution in [0.5, 0.6) is 0 Å². The fourth-order valence-corrected chi connectivity index (χ4v) is 4.89. The van der Waals surface area contributed by atoms with Gasteiger partial charge < -0.3 is 14.6 Å². The number of hydrogen-bond donors (Lipinski definition) is 1. The number of halogens is 1. The lowest BCUT2D eigenvalue weighted by atomic mass is 9.95. The smallest absolute Gasteiger partial charge is 0.339 e. The number of esters is 1. The standard InChI is InChI=1S/C21H26ClN3O3/c1-28-21(27)15-7-8-17-19(20(15)22)14-5-2-3-6-16(14)25(17)11-4-10-24-12-9-23-18(26)13-24/h7-8H,2-6,9-13H2,1H3,(H,23,26). The molecule has 0 saturated carbocycles. The summed E-state index contributed by atoms with van der Waals surface area (Å²) >= 11 is 6.67. The van der Waals surface area contributed by atoms with E-state index < -0.39 is 5.97 Å². The number of piperazine rings is 1. The third-order valence-electron chi connectivity index (χ3n) is 5.86. The summed E-state index contributed by atoms with van der Waals surface area (Å²) in [5, 5.41) is 4.39. The molecule has 1 N–H and O–H groups in total. The van der Waals surface area contributed by atoms with Gasteiger partial charge in [-0.25, -0.2) is 4.79 Å². The van der Waals surface area contributed by atoms with E-state index in [9.17, 15) is 9.59 Å². The Morgan fingerprint density at radius 3 is 2.86 bits per heavy atom. The molecule has 1 aromatic carbocycles. The van der Waals surface area contributed by atoms with Crippen molar-refractivity contribution in [2.45, 2.75) is 38.6 Å². The molecule has 4 rings (SSSR count). The predicted molar refractivity (Wildman–Crippen MR) is 109 cm³/mol. The van der Waals surface area contributed by atoms with E-state index >= 15 is 0 Å². The molecule has 1 aromatic heterocycles. The zero-order valence-corrected chi connectivity index (χ0v) is 17.0. The lowest BCUT2D eigenvalue weighted by Crippen LogP contribution is -2.47. The van der Waals surface area contributed by atoms with Gasteiger partial charge in [-0.05, 0) is 49.8 Å². The third kappa shape index (κ3) is 3.51. The molecule has 2 aromatic rings. The largest absolute Gasteiger partial charge is 0.465 e. The van der Waals surface area contributed by atoms with Gasteiger partial charge in [-0.3, -0.25) is 9.69 Å². The van der Waals surface area contributed by atoms with E-state index in [0.717, 1.165) is 62.8 Å². The van der Waals surface area contributed by atoms with Crippen LogP contribution in [0.3, 0.4) is 0 Å². The molecular weight excluding hydrogens is 378 g/mol. The minimum Gasteiger partial charge on any atom is -0.465 e. The van der Waals surface area contributed by atoms with Gasteiger partial charge >= 0.3 is 5.97 Å². The highest BCUT2D eigenvalue weighted by Gasteiger charge is 2.25. The van der Waals surface area contributed by atoms with E-state index in [2.05, 4.69) is 14.8 Å². The number of carbonyl (C=O) groups excluding carboxylic acids is 2. The number of methoxy groups -OCH3 is 1. The van der Waals surface area contributed by atoms with Gasteiger partial charge in [0.1, 0.15) is 0 Å². The first-order valence-corrected chi connectivity index (χ1v) is 10.4. The van der Waals surface area contributed by atoms with Gasteiger partial charge in [0, 0.05) is 37.3 Å². The fraction of sp³-hybridized carbons (Fsp3) is 0.524. The van der Waals surface area contributed by atoms with Crippen molar-refractivity contribution in [2.24, 2.45) is 0 Å². The second kappa shape index (κ2) is 8.13. The molecule has 6 nitrogen and oxygen atoms in total. The predicted octanol–water partition coefficient (Wildman–Crippen LogP) is 2.78. The van der Waals surface area contributed by atoms with Crippen molar-refractivity contribution in [1.29, 1.82) is 0 Å². The SMILES string of the molecule is COC(=O)c1ccc2c(c1Cl)c1c(n2CCCN2CCNC(=O)C2)CCCC1. The quantitative estimate of drug-likeness (QED) is 0.780. The lowest BCUT2D eigenvalue weighted by Gasteiger charge is -2.26. The zero-order chi connectivity index (χ0) is 19.7. The van der Waals surface area contributed by atoms with Gasteiger partial charge in [-0.15, -0.1) is 0 Å². The number of aryl methyl sites for hydroxylation is 2. The van der Waals surface area contributed by atoms with Crippen molar-refractivity contribution in [3.8, 4) is 0 Å². The summed E-state index contributed by atoms with van der Waals surface area (Å²) in [5.74, 6) is -0.287. The summed E-state index contributed by atoms with van der Waals surface area (Å²) < 4.78 is 7.27. The number of aromatic nitrogens is 1. The van der Waals surface area contributed by atoms with Crippen LogP contribution in [-0.2, 0) is 28.9 Å². The summed E-state index contributed by atoms with van der Waals surface area (Å²) in [6.45, 7) is 3.91. The normalized spacial score (nSPS) is 17.4. The van der Waals surface area contributed by atoms with Gasteiger partial charge in [-0.1, -0.05) is 11.6 Å². The minimum absolute atomic E-state index is 0.108. The Hall–Kier alpha value is -2.05. The highest BCUT2D eigenvalue weighted by molar-refractivity contribution is 6.38. The van der Waals surface area contributed by atoms with Crippen LogP contribution in [0.15, 0.2) is 12.1 Å². The number of nitrogens with zero attached hydrogens (tertiary/aromatic N) is 2. The summed E-state index contributed by atoms with van der Waals surface area (Å²) in [7, 11) is 1.38. The summed E-state index contributed by atoms with van der Waals surface area (Å²) in [4.78, 5) is 25.9. The molecule has 1 aliphatic carbocycles. The molecule has 0 spiro atoms. The van der Waals surface area contributed by atoms with Gasteiger partial charge in [0.2, 0.25) is 5.91 Å². The van der Waals surface area contributed by atoms with Gasteiger partial charge in [0.25, 0.3) is 0 Å². The topological polar surface area (TPSA) is 63.6 Å². The molecule has 28 heavy (non-hydrogen) atoms. The van der Waals surface area contributed by atoms with Crippen LogP contribution in [0.4, 0.5) is 0 Å². The minimum atomic E-state index is -0.396. The second-order valence-corrected chi connectivity index (χ2v) is 7.95. The van der Waals surface area contributed by atoms with Crippen molar-refractivity contribution < 1.29 is 14.3 Å². The van der Waals surface area contributed by atoms with E-state index in [-0.39, 0.29) is 5.91 Å². The first kappa shape index (κ1) is 19.3. The second-order valence-electron chi connectivity index (χ2n) is 7.58. The first-order valence-electron chi connectivity index (χ1n) is 10.00. The zero-order valence-electron chi connectivity index (χ0n) is 16.2. The molecule has 0 bridgehead atoms. The average molecular weight is 404 g/mol. The highest BCUT2D eigenvalue weighted by atomic mass is 35.5. The third-order valence-corrected chi connectivity index (χ3v) is 6.25. The van der Waals surface area contributed by atoms with Crippen molar-refractivity contribution in [3.63, 3.8) is 0 Å². The average Bonchev–Trinajstić information content (AvgIpc) is 3.02. The molecule has 1 fully saturated rings. The van der Waals surface area contributed by atoms with Crippen molar-refractivity contribution in [2.75, 3.05) is 33.3 Å². The van der Waals surface area contributed by atoms with Gasteiger partial charge in [0.05, 0.1) is 29.8 Å². The first-order chi connectivity index (χ1) is 13.6. The number of carbonyl (C=O) groups is 2. The van der Waals surface area contributed by atoms with Crippen molar-refractivity contribution >= 4 is 34.4 Å². The number of amides is 1. The van der Waals surface area contributed by atoms with E-state index in [1.807, 2.05) is 6.07 Å². The summed E-state index contributed by atoms with van der Waals surface area (Å²) in [6, 6.07) is 3.77. The molecule has 0 unspecified atom stereocenters. The van der Waals surface area contributed by atoms with Crippen LogP contribution in [0.2, 0.25) is 5.02 Å². The molecular formula is C21H26ClN3O3. The monoisotopic (exact) mass is 403 g/mol. The maximum absolute atomic E-state index is 12.1. The van der Waals surface area contributed by atoms with E-state index in [1.54, 1.807) is 6.07 Å². The molecule has 2 heterocycles. The van der Waals surface area contributed by atoms with Crippen molar-refractivity contribution in [1.82, 2.24) is 14.8 Å². The molecule has 150 valence electrons. The Morgan fingerprint density at radius 2 is 2.07 bits per heavy atom. The lowest BCUT2D eigenvalue weighted by molar-refractivity contribution is -0.124. The Bertz CT molecular complexity index is 921. The maximum atomic E-state index is 12.1. The Labute approximate surface area is 169 Å². The Balaban J connectivity index is 1.63. The number of nitrogens with one attached hydrogen (secondary N) is 1. The summed E-state index contributed by atoms with van der Waals surface area (Å²) in [5.41, 5.74) is 4.17. The molecule has 1 aliphatic heterocycles. The van der Waals surface area contributed by atoms with Crippen LogP contribution in [0.25, 0.3) is 10.9 Å². The van der Waals surface area contributed by atoms with E-state index in [4.69, 9.17) is 16.3 Å². The van der Waals surface area contributed by atoms with Crippen LogP contribution < -0.4 is 5.32 Å². The number of fused-ring (bicyclic) bond motifs is 3. The molecule has 2 aliphatic rings. The number of ether oxygens (including phenoxy) is 1. The van der Waals surface area contributed by atoms with E-state index in [1.165, 1.54) is 24.8 Å². The maximum Gasteiger partial charge on any atom is 0.339 e. The van der Waals surface area contributed by atoms with Crippen LogP contribution in [0.1, 0.15) is 40.9 Å². The van der Waals surface area contributed by atoms with Crippen LogP contribution >= 0.6 is 11.6 Å². The van der Waals surface area contributed by atoms with E-state index in [0.29, 0.717) is 17.1 Å². The van der Waals surface area contributed by atoms with Crippen LogP contribution in [0, 0.1) is 0 Å². The number of benzene rings is 1.